The number of nitrogens with two attached hydrogens (primary N) is 1. The maximum Gasteiger partial charge on any atom is 0.259 e. The Balaban J connectivity index is 1.42. The van der Waals surface area contributed by atoms with Gasteiger partial charge >= 0.3 is 0 Å². The smallest absolute Gasteiger partial charge is 0.259 e. The molecule has 2 N–H and O–H groups in total. The highest BCUT2D eigenvalue weighted by Crippen LogP contribution is 2.28. The number of benzene rings is 1. The van der Waals surface area contributed by atoms with Crippen molar-refractivity contribution in [1.29, 1.82) is 0 Å². The van der Waals surface area contributed by atoms with E-state index < -0.39 is 0 Å². The van der Waals surface area contributed by atoms with Gasteiger partial charge in [0.2, 0.25) is 0 Å². The van der Waals surface area contributed by atoms with Gasteiger partial charge in [-0.25, -0.2) is 4.98 Å². The molecule has 0 aliphatic carbocycles. The van der Waals surface area contributed by atoms with E-state index >= 15 is 0 Å². The molecule has 1 aromatic carbocycles. The standard InChI is InChI=1S/C22H24N6O4/c1-31-17-7-6-15(13-18(17)32-2)21(29)26-9-11-27(12-10-26)22(30)16-14-25-28(20(16)23)19-5-3-4-8-24-19/h3-8,13-14H,9-12,23H2,1-2H3. The first-order chi connectivity index (χ1) is 15.5. The normalized spacial score (nSPS) is 13.7. The highest BCUT2D eigenvalue weighted by molar-refractivity contribution is 5.99. The van der Waals surface area contributed by atoms with Crippen LogP contribution in [0.5, 0.6) is 11.5 Å². The van der Waals surface area contributed by atoms with Gasteiger partial charge in [-0.3, -0.25) is 9.59 Å². The molecule has 0 unspecified atom stereocenters. The number of methoxy groups -OCH3 is 2. The summed E-state index contributed by atoms with van der Waals surface area (Å²) in [6, 6.07) is 10.4. The highest BCUT2D eigenvalue weighted by Gasteiger charge is 2.28. The number of hydrogen-bond donors (Lipinski definition) is 1. The lowest BCUT2D eigenvalue weighted by Crippen LogP contribution is -2.50. The van der Waals surface area contributed by atoms with Gasteiger partial charge < -0.3 is 25.0 Å². The molecule has 0 atom stereocenters. The van der Waals surface area contributed by atoms with Crippen molar-refractivity contribution in [3.8, 4) is 17.3 Å². The van der Waals surface area contributed by atoms with Crippen molar-refractivity contribution in [2.45, 2.75) is 0 Å². The van der Waals surface area contributed by atoms with Gasteiger partial charge in [-0.2, -0.15) is 9.78 Å². The first kappa shape index (κ1) is 21.2. The van der Waals surface area contributed by atoms with Crippen LogP contribution < -0.4 is 15.2 Å². The summed E-state index contributed by atoms with van der Waals surface area (Å²) >= 11 is 0. The number of aromatic nitrogens is 3. The van der Waals surface area contributed by atoms with Gasteiger partial charge in [0.1, 0.15) is 11.4 Å². The molecule has 10 heteroatoms. The van der Waals surface area contributed by atoms with Crippen LogP contribution >= 0.6 is 0 Å². The van der Waals surface area contributed by atoms with E-state index in [4.69, 9.17) is 15.2 Å². The SMILES string of the molecule is COc1ccc(C(=O)N2CCN(C(=O)c3cnn(-c4ccccn4)c3N)CC2)cc1OC. The number of piperazine rings is 1. The summed E-state index contributed by atoms with van der Waals surface area (Å²) in [6.07, 6.45) is 3.08. The number of amides is 2. The van der Waals surface area contributed by atoms with Crippen LogP contribution in [0.25, 0.3) is 5.82 Å². The minimum Gasteiger partial charge on any atom is -0.493 e. The molecule has 2 amide bonds. The molecule has 0 radical (unpaired) electrons. The molecular formula is C22H24N6O4. The average molecular weight is 436 g/mol. The summed E-state index contributed by atoms with van der Waals surface area (Å²) < 4.78 is 11.9. The van der Waals surface area contributed by atoms with Crippen LogP contribution in [0.4, 0.5) is 5.82 Å². The lowest BCUT2D eigenvalue weighted by Gasteiger charge is -2.34. The van der Waals surface area contributed by atoms with Crippen LogP contribution in [-0.2, 0) is 0 Å². The van der Waals surface area contributed by atoms with Crippen LogP contribution in [0.3, 0.4) is 0 Å². The third-order valence-corrected chi connectivity index (χ3v) is 5.39. The molecule has 1 aliphatic rings. The summed E-state index contributed by atoms with van der Waals surface area (Å²) in [5.74, 6) is 1.48. The number of nitrogen functional groups attached to an aromatic ring is 1. The van der Waals surface area contributed by atoms with E-state index in [-0.39, 0.29) is 17.6 Å². The van der Waals surface area contributed by atoms with Crippen LogP contribution in [0.15, 0.2) is 48.8 Å². The van der Waals surface area contributed by atoms with Gasteiger partial charge in [-0.1, -0.05) is 6.07 Å². The number of nitrogens with zero attached hydrogens (tertiary/aromatic N) is 5. The van der Waals surface area contributed by atoms with Gasteiger partial charge in [0, 0.05) is 37.9 Å². The van der Waals surface area contributed by atoms with Gasteiger partial charge in [-0.05, 0) is 30.3 Å². The molecule has 3 heterocycles. The van der Waals surface area contributed by atoms with E-state index in [0.717, 1.165) is 0 Å². The van der Waals surface area contributed by atoms with E-state index in [0.29, 0.717) is 54.6 Å². The summed E-state index contributed by atoms with van der Waals surface area (Å²) in [6.45, 7) is 1.61. The van der Waals surface area contributed by atoms with Crippen LogP contribution in [0.1, 0.15) is 20.7 Å². The molecule has 0 spiro atoms. The van der Waals surface area contributed by atoms with E-state index in [9.17, 15) is 9.59 Å². The minimum absolute atomic E-state index is 0.125. The Labute approximate surface area is 185 Å². The monoisotopic (exact) mass is 436 g/mol. The predicted molar refractivity (Wildman–Crippen MR) is 117 cm³/mol. The van der Waals surface area contributed by atoms with E-state index in [1.165, 1.54) is 18.0 Å². The fraction of sp³-hybridized carbons (Fsp3) is 0.273. The summed E-state index contributed by atoms with van der Waals surface area (Å²) in [7, 11) is 3.07. The third kappa shape index (κ3) is 3.94. The summed E-state index contributed by atoms with van der Waals surface area (Å²) in [5, 5.41) is 4.21. The Hall–Kier alpha value is -4.08. The predicted octanol–water partition coefficient (Wildman–Crippen LogP) is 1.46. The Bertz CT molecular complexity index is 1120. The molecule has 4 rings (SSSR count). The van der Waals surface area contributed by atoms with Gasteiger partial charge in [0.15, 0.2) is 17.3 Å². The molecular weight excluding hydrogens is 412 g/mol. The quantitative estimate of drug-likeness (QED) is 0.644. The number of ether oxygens (including phenoxy) is 2. The summed E-state index contributed by atoms with van der Waals surface area (Å²) in [4.78, 5) is 33.5. The van der Waals surface area contributed by atoms with Crippen molar-refractivity contribution in [3.63, 3.8) is 0 Å². The van der Waals surface area contributed by atoms with Crippen molar-refractivity contribution in [3.05, 3.63) is 59.9 Å². The number of pyridine rings is 1. The molecule has 32 heavy (non-hydrogen) atoms. The zero-order valence-corrected chi connectivity index (χ0v) is 17.9. The number of rotatable bonds is 5. The van der Waals surface area contributed by atoms with Crippen LogP contribution in [-0.4, -0.2) is 76.8 Å². The fourth-order valence-electron chi connectivity index (χ4n) is 3.62. The molecule has 1 saturated heterocycles. The maximum atomic E-state index is 13.0. The molecule has 0 bridgehead atoms. The maximum absolute atomic E-state index is 13.0. The van der Waals surface area contributed by atoms with Crippen molar-refractivity contribution in [2.24, 2.45) is 0 Å². The Morgan fingerprint density at radius 3 is 2.25 bits per heavy atom. The lowest BCUT2D eigenvalue weighted by molar-refractivity contribution is 0.0536. The number of carbonyl (C=O) groups excluding carboxylic acids is 2. The van der Waals surface area contributed by atoms with Crippen LogP contribution in [0.2, 0.25) is 0 Å². The molecule has 1 aliphatic heterocycles. The summed E-state index contributed by atoms with van der Waals surface area (Å²) in [5.41, 5.74) is 6.99. The molecule has 3 aromatic rings. The van der Waals surface area contributed by atoms with E-state index in [1.807, 2.05) is 6.07 Å². The Morgan fingerprint density at radius 2 is 1.62 bits per heavy atom. The second-order valence-electron chi connectivity index (χ2n) is 7.20. The number of anilines is 1. The first-order valence-electron chi connectivity index (χ1n) is 10.1. The second kappa shape index (κ2) is 8.96. The van der Waals surface area contributed by atoms with Gasteiger partial charge in [0.25, 0.3) is 11.8 Å². The number of carbonyl (C=O) groups is 2. The van der Waals surface area contributed by atoms with Gasteiger partial charge in [0.05, 0.1) is 20.4 Å². The minimum atomic E-state index is -0.220. The van der Waals surface area contributed by atoms with E-state index in [2.05, 4.69) is 10.1 Å². The molecule has 1 fully saturated rings. The second-order valence-corrected chi connectivity index (χ2v) is 7.20. The molecule has 2 aromatic heterocycles. The van der Waals surface area contributed by atoms with Crippen molar-refractivity contribution in [2.75, 3.05) is 46.1 Å². The Morgan fingerprint density at radius 1 is 0.938 bits per heavy atom. The zero-order chi connectivity index (χ0) is 22.7. The average Bonchev–Trinajstić information content (AvgIpc) is 3.24. The van der Waals surface area contributed by atoms with Crippen molar-refractivity contribution in [1.82, 2.24) is 24.6 Å². The highest BCUT2D eigenvalue weighted by atomic mass is 16.5. The molecule has 0 saturated carbocycles. The lowest BCUT2D eigenvalue weighted by atomic mass is 10.1. The largest absolute Gasteiger partial charge is 0.493 e. The fourth-order valence-corrected chi connectivity index (χ4v) is 3.62. The molecule has 166 valence electrons. The van der Waals surface area contributed by atoms with Crippen molar-refractivity contribution < 1.29 is 19.1 Å². The van der Waals surface area contributed by atoms with Gasteiger partial charge in [-0.15, -0.1) is 0 Å². The molecule has 10 nitrogen and oxygen atoms in total. The number of hydrogen-bond acceptors (Lipinski definition) is 7. The van der Waals surface area contributed by atoms with Crippen molar-refractivity contribution >= 4 is 17.6 Å². The first-order valence-corrected chi connectivity index (χ1v) is 10.1. The zero-order valence-electron chi connectivity index (χ0n) is 17.9. The third-order valence-electron chi connectivity index (χ3n) is 5.39. The topological polar surface area (TPSA) is 116 Å². The Kier molecular flexibility index (Phi) is 5.93. The van der Waals surface area contributed by atoms with Crippen LogP contribution in [0, 0.1) is 0 Å². The van der Waals surface area contributed by atoms with E-state index in [1.54, 1.807) is 53.4 Å².